The number of aryl methyl sites for hydroxylation is 1. The quantitative estimate of drug-likeness (QED) is 0.810. The summed E-state index contributed by atoms with van der Waals surface area (Å²) < 4.78 is 4.32. The molecule has 0 bridgehead atoms. The maximum atomic E-state index is 4.69. The van der Waals surface area contributed by atoms with E-state index in [2.05, 4.69) is 76.2 Å². The highest BCUT2D eigenvalue weighted by Gasteiger charge is 2.15. The van der Waals surface area contributed by atoms with Crippen LogP contribution in [0.2, 0.25) is 0 Å². The molecule has 24 heavy (non-hydrogen) atoms. The van der Waals surface area contributed by atoms with Crippen LogP contribution in [0, 0.1) is 13.8 Å². The number of likely N-dealkylation sites (N-methyl/N-ethyl adjacent to an activating group) is 1. The Morgan fingerprint density at radius 2 is 1.88 bits per heavy atom. The second kappa shape index (κ2) is 6.81. The lowest BCUT2D eigenvalue weighted by Gasteiger charge is -2.30. The van der Waals surface area contributed by atoms with Crippen molar-refractivity contribution in [1.29, 1.82) is 0 Å². The van der Waals surface area contributed by atoms with Gasteiger partial charge < -0.3 is 9.47 Å². The van der Waals surface area contributed by atoms with E-state index in [0.717, 1.165) is 32.0 Å². The predicted octanol–water partition coefficient (Wildman–Crippen LogP) is 2.45. The molecule has 0 amide bonds. The number of aromatic nitrogens is 3. The fourth-order valence-electron chi connectivity index (χ4n) is 3.21. The average molecular weight is 328 g/mol. The molecule has 3 rings (SSSR count). The summed E-state index contributed by atoms with van der Waals surface area (Å²) in [5, 5.41) is 11.3. The molecule has 0 N–H and O–H groups in total. The van der Waals surface area contributed by atoms with Gasteiger partial charge in [-0.2, -0.15) is 10.2 Å². The molecule has 1 fully saturated rings. The molecular weight excluding hydrogens is 300 g/mol. The second-order valence-corrected chi connectivity index (χ2v) is 6.89. The maximum Gasteiger partial charge on any atom is 0.135 e. The number of piperazine rings is 1. The van der Waals surface area contributed by atoms with Gasteiger partial charge in [-0.15, -0.1) is 0 Å². The fourth-order valence-corrected chi connectivity index (χ4v) is 3.21. The Balaban J connectivity index is 1.85. The van der Waals surface area contributed by atoms with Gasteiger partial charge in [-0.1, -0.05) is 0 Å². The van der Waals surface area contributed by atoms with Crippen molar-refractivity contribution >= 4 is 6.21 Å². The fraction of sp³-hybridized carbons (Fsp3) is 0.556. The third-order valence-corrected chi connectivity index (χ3v) is 4.68. The van der Waals surface area contributed by atoms with Crippen LogP contribution in [0.1, 0.15) is 36.8 Å². The summed E-state index contributed by atoms with van der Waals surface area (Å²) in [6.45, 7) is 12.7. The molecular formula is C18H28N6. The summed E-state index contributed by atoms with van der Waals surface area (Å²) >= 11 is 0. The zero-order valence-electron chi connectivity index (χ0n) is 15.4. The minimum Gasteiger partial charge on any atom is -0.303 e. The Morgan fingerprint density at radius 3 is 2.54 bits per heavy atom. The molecule has 0 aliphatic carbocycles. The van der Waals surface area contributed by atoms with Crippen LogP contribution in [0.5, 0.6) is 0 Å². The zero-order valence-corrected chi connectivity index (χ0v) is 15.4. The third-order valence-electron chi connectivity index (χ3n) is 4.68. The van der Waals surface area contributed by atoms with Crippen molar-refractivity contribution in [2.24, 2.45) is 5.10 Å². The van der Waals surface area contributed by atoms with Crippen molar-refractivity contribution in [1.82, 2.24) is 24.3 Å². The largest absolute Gasteiger partial charge is 0.303 e. The molecule has 2 aromatic rings. The van der Waals surface area contributed by atoms with Crippen LogP contribution in [0.3, 0.4) is 0 Å². The molecule has 2 aromatic heterocycles. The molecule has 1 aliphatic rings. The monoisotopic (exact) mass is 328 g/mol. The molecule has 6 nitrogen and oxygen atoms in total. The zero-order chi connectivity index (χ0) is 17.3. The molecule has 0 aromatic carbocycles. The van der Waals surface area contributed by atoms with Gasteiger partial charge >= 0.3 is 0 Å². The number of hydrogen-bond donors (Lipinski definition) is 0. The SMILES string of the molecule is Cc1cc(/C=N\N2CCN(C)CC2)c(C)n1-c1ccnn1C(C)C. The lowest BCUT2D eigenvalue weighted by Crippen LogP contribution is -2.41. The van der Waals surface area contributed by atoms with Gasteiger partial charge in [-0.05, 0) is 40.8 Å². The van der Waals surface area contributed by atoms with E-state index in [1.54, 1.807) is 0 Å². The minimum absolute atomic E-state index is 0.332. The molecule has 0 atom stereocenters. The Labute approximate surface area is 144 Å². The van der Waals surface area contributed by atoms with Crippen LogP contribution in [-0.2, 0) is 0 Å². The molecule has 0 radical (unpaired) electrons. The maximum absolute atomic E-state index is 4.69. The number of nitrogens with zero attached hydrogens (tertiary/aromatic N) is 6. The predicted molar refractivity (Wildman–Crippen MR) is 98.1 cm³/mol. The van der Waals surface area contributed by atoms with Gasteiger partial charge in [0.05, 0.1) is 12.4 Å². The van der Waals surface area contributed by atoms with Gasteiger partial charge in [0, 0.05) is 55.2 Å². The van der Waals surface area contributed by atoms with Crippen molar-refractivity contribution in [2.75, 3.05) is 33.2 Å². The first-order chi connectivity index (χ1) is 11.5. The molecule has 3 heterocycles. The van der Waals surface area contributed by atoms with Crippen LogP contribution in [-0.4, -0.2) is 63.7 Å². The van der Waals surface area contributed by atoms with Crippen molar-refractivity contribution in [2.45, 2.75) is 33.7 Å². The molecule has 1 saturated heterocycles. The van der Waals surface area contributed by atoms with Crippen LogP contribution in [0.15, 0.2) is 23.4 Å². The van der Waals surface area contributed by atoms with E-state index < -0.39 is 0 Å². The first kappa shape index (κ1) is 16.8. The standard InChI is InChI=1S/C18H28N6/c1-14(2)24-18(6-7-19-24)23-15(3)12-17(16(23)4)13-20-22-10-8-21(5)9-11-22/h6-7,12-14H,8-11H2,1-5H3/b20-13-. The van der Waals surface area contributed by atoms with Gasteiger partial charge in [0.25, 0.3) is 0 Å². The van der Waals surface area contributed by atoms with Crippen LogP contribution in [0.4, 0.5) is 0 Å². The second-order valence-electron chi connectivity index (χ2n) is 6.89. The lowest BCUT2D eigenvalue weighted by atomic mass is 10.3. The highest BCUT2D eigenvalue weighted by molar-refractivity contribution is 5.82. The summed E-state index contributed by atoms with van der Waals surface area (Å²) in [4.78, 5) is 2.34. The highest BCUT2D eigenvalue weighted by atomic mass is 15.5. The Hall–Kier alpha value is -2.08. The molecule has 1 aliphatic heterocycles. The lowest BCUT2D eigenvalue weighted by molar-refractivity contribution is 0.159. The van der Waals surface area contributed by atoms with E-state index in [9.17, 15) is 0 Å². The van der Waals surface area contributed by atoms with Gasteiger partial charge in [-0.25, -0.2) is 4.68 Å². The third kappa shape index (κ3) is 3.24. The number of rotatable bonds is 4. The van der Waals surface area contributed by atoms with E-state index in [1.165, 1.54) is 17.0 Å². The summed E-state index contributed by atoms with van der Waals surface area (Å²) in [6.07, 6.45) is 3.87. The normalized spacial score (nSPS) is 16.7. The van der Waals surface area contributed by atoms with Crippen LogP contribution in [0.25, 0.3) is 5.82 Å². The number of hydrogen-bond acceptors (Lipinski definition) is 4. The molecule has 6 heteroatoms. The Kier molecular flexibility index (Phi) is 4.76. The van der Waals surface area contributed by atoms with E-state index in [0.29, 0.717) is 6.04 Å². The molecule has 0 saturated carbocycles. The Morgan fingerprint density at radius 1 is 1.17 bits per heavy atom. The van der Waals surface area contributed by atoms with Gasteiger partial charge in [0.1, 0.15) is 5.82 Å². The smallest absolute Gasteiger partial charge is 0.135 e. The number of hydrazone groups is 1. The Bertz CT molecular complexity index is 716. The van der Waals surface area contributed by atoms with Crippen LogP contribution < -0.4 is 0 Å². The summed E-state index contributed by atoms with van der Waals surface area (Å²) in [5.74, 6) is 1.11. The van der Waals surface area contributed by atoms with E-state index >= 15 is 0 Å². The summed E-state index contributed by atoms with van der Waals surface area (Å²) in [7, 11) is 2.16. The van der Waals surface area contributed by atoms with E-state index in [-0.39, 0.29) is 0 Å². The topological polar surface area (TPSA) is 41.6 Å². The van der Waals surface area contributed by atoms with Crippen molar-refractivity contribution < 1.29 is 0 Å². The first-order valence-electron chi connectivity index (χ1n) is 8.67. The van der Waals surface area contributed by atoms with Crippen molar-refractivity contribution in [3.05, 3.63) is 35.3 Å². The molecule has 130 valence electrons. The summed E-state index contributed by atoms with van der Waals surface area (Å²) in [6, 6.07) is 4.60. The molecule has 0 spiro atoms. The average Bonchev–Trinajstić information content (AvgIpc) is 3.11. The van der Waals surface area contributed by atoms with E-state index in [4.69, 9.17) is 0 Å². The van der Waals surface area contributed by atoms with Gasteiger partial charge in [0.2, 0.25) is 0 Å². The van der Waals surface area contributed by atoms with Crippen LogP contribution >= 0.6 is 0 Å². The van der Waals surface area contributed by atoms with Gasteiger partial charge in [0.15, 0.2) is 0 Å². The minimum atomic E-state index is 0.332. The van der Waals surface area contributed by atoms with Gasteiger partial charge in [-0.3, -0.25) is 5.01 Å². The van der Waals surface area contributed by atoms with Crippen molar-refractivity contribution in [3.63, 3.8) is 0 Å². The van der Waals surface area contributed by atoms with E-state index in [1.807, 2.05) is 12.4 Å². The highest BCUT2D eigenvalue weighted by Crippen LogP contribution is 2.21. The first-order valence-corrected chi connectivity index (χ1v) is 8.67. The van der Waals surface area contributed by atoms with Crippen molar-refractivity contribution in [3.8, 4) is 5.82 Å². The summed E-state index contributed by atoms with van der Waals surface area (Å²) in [5.41, 5.74) is 3.57. The molecule has 0 unspecified atom stereocenters.